The number of aromatic nitrogens is 1. The molecule has 0 spiro atoms. The van der Waals surface area contributed by atoms with E-state index in [2.05, 4.69) is 23.3 Å². The Bertz CT molecular complexity index is 586. The SMILES string of the molecule is CCNCc1cccnc1N(C)C(C)c1ccccc1F. The summed E-state index contributed by atoms with van der Waals surface area (Å²) in [6.07, 6.45) is 1.77. The van der Waals surface area contributed by atoms with Gasteiger partial charge in [0.15, 0.2) is 0 Å². The number of hydrogen-bond acceptors (Lipinski definition) is 3. The van der Waals surface area contributed by atoms with Crippen molar-refractivity contribution in [3.05, 3.63) is 59.5 Å². The smallest absolute Gasteiger partial charge is 0.133 e. The summed E-state index contributed by atoms with van der Waals surface area (Å²) in [6, 6.07) is 10.8. The lowest BCUT2D eigenvalue weighted by molar-refractivity contribution is 0.583. The van der Waals surface area contributed by atoms with Gasteiger partial charge in [-0.3, -0.25) is 0 Å². The highest BCUT2D eigenvalue weighted by Gasteiger charge is 2.18. The second-order valence-electron chi connectivity index (χ2n) is 5.07. The summed E-state index contributed by atoms with van der Waals surface area (Å²) in [4.78, 5) is 6.49. The standard InChI is InChI=1S/C17H22FN3/c1-4-19-12-14-8-7-11-20-17(14)21(3)13(2)15-9-5-6-10-16(15)18/h5-11,13,19H,4,12H2,1-3H3. The zero-order valence-corrected chi connectivity index (χ0v) is 12.8. The molecule has 0 saturated carbocycles. The third-order valence-electron chi connectivity index (χ3n) is 3.70. The Kier molecular flexibility index (Phi) is 5.28. The monoisotopic (exact) mass is 287 g/mol. The Labute approximate surface area is 125 Å². The molecule has 1 aromatic carbocycles. The van der Waals surface area contributed by atoms with Gasteiger partial charge in [-0.05, 0) is 25.6 Å². The molecule has 1 aromatic heterocycles. The minimum Gasteiger partial charge on any atom is -0.353 e. The predicted octanol–water partition coefficient (Wildman–Crippen LogP) is 3.53. The van der Waals surface area contributed by atoms with Gasteiger partial charge in [-0.25, -0.2) is 9.37 Å². The van der Waals surface area contributed by atoms with E-state index >= 15 is 0 Å². The molecule has 2 rings (SSSR count). The number of benzene rings is 1. The highest BCUT2D eigenvalue weighted by Crippen LogP contribution is 2.27. The molecule has 0 aliphatic heterocycles. The fraction of sp³-hybridized carbons (Fsp3) is 0.353. The molecule has 0 bridgehead atoms. The van der Waals surface area contributed by atoms with Crippen LogP contribution in [0.3, 0.4) is 0 Å². The Morgan fingerprint density at radius 3 is 2.71 bits per heavy atom. The summed E-state index contributed by atoms with van der Waals surface area (Å²) in [5.41, 5.74) is 1.80. The van der Waals surface area contributed by atoms with E-state index in [1.165, 1.54) is 6.07 Å². The zero-order chi connectivity index (χ0) is 15.2. The Hall–Kier alpha value is -1.94. The first-order chi connectivity index (χ1) is 10.1. The molecule has 1 N–H and O–H groups in total. The van der Waals surface area contributed by atoms with Crippen LogP contribution in [-0.4, -0.2) is 18.6 Å². The third-order valence-corrected chi connectivity index (χ3v) is 3.70. The van der Waals surface area contributed by atoms with Crippen molar-refractivity contribution in [3.8, 4) is 0 Å². The molecule has 112 valence electrons. The number of nitrogens with one attached hydrogen (secondary N) is 1. The van der Waals surface area contributed by atoms with Crippen LogP contribution in [0.1, 0.15) is 31.0 Å². The number of pyridine rings is 1. The van der Waals surface area contributed by atoms with Crippen molar-refractivity contribution in [1.29, 1.82) is 0 Å². The maximum absolute atomic E-state index is 14.0. The summed E-state index contributed by atoms with van der Waals surface area (Å²) in [7, 11) is 1.95. The molecule has 1 atom stereocenters. The molecule has 0 aliphatic carbocycles. The highest BCUT2D eigenvalue weighted by molar-refractivity contribution is 5.48. The van der Waals surface area contributed by atoms with Gasteiger partial charge in [0.25, 0.3) is 0 Å². The zero-order valence-electron chi connectivity index (χ0n) is 12.8. The molecule has 2 aromatic rings. The Balaban J connectivity index is 2.27. The van der Waals surface area contributed by atoms with Gasteiger partial charge in [0.05, 0.1) is 6.04 Å². The van der Waals surface area contributed by atoms with Gasteiger partial charge in [-0.15, -0.1) is 0 Å². The normalized spacial score (nSPS) is 12.2. The van der Waals surface area contributed by atoms with Crippen molar-refractivity contribution in [3.63, 3.8) is 0 Å². The van der Waals surface area contributed by atoms with Gasteiger partial charge >= 0.3 is 0 Å². The number of nitrogens with zero attached hydrogens (tertiary/aromatic N) is 2. The second kappa shape index (κ2) is 7.18. The molecule has 0 radical (unpaired) electrons. The average Bonchev–Trinajstić information content (AvgIpc) is 2.52. The van der Waals surface area contributed by atoms with Crippen LogP contribution in [0.25, 0.3) is 0 Å². The Morgan fingerprint density at radius 1 is 1.24 bits per heavy atom. The number of halogens is 1. The number of anilines is 1. The van der Waals surface area contributed by atoms with Gasteiger partial charge in [0, 0.05) is 30.9 Å². The average molecular weight is 287 g/mol. The van der Waals surface area contributed by atoms with Crippen LogP contribution in [0, 0.1) is 5.82 Å². The van der Waals surface area contributed by atoms with E-state index < -0.39 is 0 Å². The van der Waals surface area contributed by atoms with E-state index in [0.29, 0.717) is 5.56 Å². The highest BCUT2D eigenvalue weighted by atomic mass is 19.1. The topological polar surface area (TPSA) is 28.2 Å². The largest absolute Gasteiger partial charge is 0.353 e. The van der Waals surface area contributed by atoms with Crippen LogP contribution in [0.2, 0.25) is 0 Å². The van der Waals surface area contributed by atoms with Gasteiger partial charge in [-0.2, -0.15) is 0 Å². The second-order valence-corrected chi connectivity index (χ2v) is 5.07. The van der Waals surface area contributed by atoms with Crippen molar-refractivity contribution in [2.24, 2.45) is 0 Å². The number of rotatable bonds is 6. The number of hydrogen-bond donors (Lipinski definition) is 1. The van der Waals surface area contributed by atoms with Gasteiger partial charge in [-0.1, -0.05) is 31.2 Å². The summed E-state index contributed by atoms with van der Waals surface area (Å²) in [5.74, 6) is 0.704. The van der Waals surface area contributed by atoms with E-state index in [1.807, 2.05) is 37.1 Å². The van der Waals surface area contributed by atoms with E-state index in [0.717, 1.165) is 24.5 Å². The minimum absolute atomic E-state index is 0.0820. The lowest BCUT2D eigenvalue weighted by Gasteiger charge is -2.28. The lowest BCUT2D eigenvalue weighted by Crippen LogP contribution is -2.26. The third kappa shape index (κ3) is 3.58. The summed E-state index contributed by atoms with van der Waals surface area (Å²) >= 11 is 0. The molecular weight excluding hydrogens is 265 g/mol. The maximum atomic E-state index is 14.0. The summed E-state index contributed by atoms with van der Waals surface area (Å²) < 4.78 is 14.0. The fourth-order valence-corrected chi connectivity index (χ4v) is 2.35. The first-order valence-corrected chi connectivity index (χ1v) is 7.27. The molecule has 0 aliphatic rings. The molecule has 0 fully saturated rings. The van der Waals surface area contributed by atoms with Crippen LogP contribution in [0.5, 0.6) is 0 Å². The van der Waals surface area contributed by atoms with Crippen molar-refractivity contribution >= 4 is 5.82 Å². The van der Waals surface area contributed by atoms with Gasteiger partial charge < -0.3 is 10.2 Å². The van der Waals surface area contributed by atoms with Crippen molar-refractivity contribution in [2.45, 2.75) is 26.4 Å². The molecule has 0 saturated heterocycles. The van der Waals surface area contributed by atoms with Gasteiger partial charge in [0.2, 0.25) is 0 Å². The first kappa shape index (κ1) is 15.4. The van der Waals surface area contributed by atoms with Gasteiger partial charge in [0.1, 0.15) is 11.6 Å². The van der Waals surface area contributed by atoms with Crippen LogP contribution >= 0.6 is 0 Å². The van der Waals surface area contributed by atoms with Crippen molar-refractivity contribution in [1.82, 2.24) is 10.3 Å². The van der Waals surface area contributed by atoms with Crippen LogP contribution < -0.4 is 10.2 Å². The van der Waals surface area contributed by atoms with Crippen molar-refractivity contribution < 1.29 is 4.39 Å². The maximum Gasteiger partial charge on any atom is 0.133 e. The van der Waals surface area contributed by atoms with E-state index in [-0.39, 0.29) is 11.9 Å². The summed E-state index contributed by atoms with van der Waals surface area (Å²) in [6.45, 7) is 5.72. The molecule has 1 unspecified atom stereocenters. The first-order valence-electron chi connectivity index (χ1n) is 7.27. The molecule has 21 heavy (non-hydrogen) atoms. The molecule has 0 amide bonds. The molecule has 3 nitrogen and oxygen atoms in total. The fourth-order valence-electron chi connectivity index (χ4n) is 2.35. The summed E-state index contributed by atoms with van der Waals surface area (Å²) in [5, 5.41) is 3.31. The van der Waals surface area contributed by atoms with E-state index in [9.17, 15) is 4.39 Å². The molecule has 1 heterocycles. The van der Waals surface area contributed by atoms with Crippen LogP contribution in [0.4, 0.5) is 10.2 Å². The molecule has 4 heteroatoms. The van der Waals surface area contributed by atoms with Crippen molar-refractivity contribution in [2.75, 3.05) is 18.5 Å². The lowest BCUT2D eigenvalue weighted by atomic mass is 10.1. The predicted molar refractivity (Wildman–Crippen MR) is 84.8 cm³/mol. The van der Waals surface area contributed by atoms with Crippen LogP contribution in [0.15, 0.2) is 42.6 Å². The Morgan fingerprint density at radius 2 is 2.00 bits per heavy atom. The van der Waals surface area contributed by atoms with E-state index in [1.54, 1.807) is 12.3 Å². The van der Waals surface area contributed by atoms with E-state index in [4.69, 9.17) is 0 Å². The molecular formula is C17H22FN3. The quantitative estimate of drug-likeness (QED) is 0.881. The van der Waals surface area contributed by atoms with Crippen LogP contribution in [-0.2, 0) is 6.54 Å². The minimum atomic E-state index is -0.180.